The number of hydrogen-bond acceptors (Lipinski definition) is 5. The second kappa shape index (κ2) is 8.12. The van der Waals surface area contributed by atoms with Crippen molar-refractivity contribution < 1.29 is 19.7 Å². The Balaban J connectivity index is 1.29. The Hall–Kier alpha value is -3.77. The maximum atomic E-state index is 13.0. The third-order valence-corrected chi connectivity index (χ3v) is 11.0. The summed E-state index contributed by atoms with van der Waals surface area (Å²) in [6.07, 6.45) is 6.01. The third kappa shape index (κ3) is 3.04. The molecule has 0 radical (unpaired) electrons. The lowest BCUT2D eigenvalue weighted by atomic mass is 9.42. The molecular formula is C33H29NO4S. The van der Waals surface area contributed by atoms with Crippen LogP contribution in [0, 0.1) is 23.7 Å². The minimum absolute atomic E-state index is 0.0221. The third-order valence-electron chi connectivity index (χ3n) is 9.92. The molecule has 39 heavy (non-hydrogen) atoms. The van der Waals surface area contributed by atoms with Gasteiger partial charge < -0.3 is 14.9 Å². The molecule has 4 aromatic rings. The average Bonchev–Trinajstić information content (AvgIpc) is 3.53. The van der Waals surface area contributed by atoms with Gasteiger partial charge in [-0.25, -0.2) is 4.79 Å². The summed E-state index contributed by atoms with van der Waals surface area (Å²) in [7, 11) is 0. The van der Waals surface area contributed by atoms with Gasteiger partial charge in [0, 0.05) is 15.9 Å². The molecule has 6 heteroatoms. The van der Waals surface area contributed by atoms with Crippen LogP contribution >= 0.6 is 11.3 Å². The van der Waals surface area contributed by atoms with Gasteiger partial charge in [-0.1, -0.05) is 30.8 Å². The number of hydrogen-bond donors (Lipinski definition) is 2. The smallest absolute Gasteiger partial charge is 0.343 e. The normalized spacial score (nSPS) is 27.9. The van der Waals surface area contributed by atoms with Crippen LogP contribution in [0.5, 0.6) is 17.5 Å². The van der Waals surface area contributed by atoms with Crippen LogP contribution in [0.4, 0.5) is 0 Å². The molecule has 0 amide bonds. The van der Waals surface area contributed by atoms with Crippen molar-refractivity contribution in [2.75, 3.05) is 0 Å². The molecular weight excluding hydrogens is 506 g/mol. The summed E-state index contributed by atoms with van der Waals surface area (Å²) in [5.41, 5.74) is 3.89. The highest BCUT2D eigenvalue weighted by molar-refractivity contribution is 7.10. The summed E-state index contributed by atoms with van der Waals surface area (Å²) < 4.78 is 7.05. The number of carbonyl (C=O) groups excluding carboxylic acids is 1. The minimum atomic E-state index is -0.497. The number of esters is 1. The molecule has 2 N–H and O–H groups in total. The molecule has 4 bridgehead atoms. The number of benzene rings is 2. The topological polar surface area (TPSA) is 71.7 Å². The van der Waals surface area contributed by atoms with Gasteiger partial charge >= 0.3 is 5.97 Å². The van der Waals surface area contributed by atoms with E-state index < -0.39 is 5.97 Å². The molecule has 196 valence electrons. The molecule has 9 rings (SSSR count). The Morgan fingerprint density at radius 3 is 2.36 bits per heavy atom. The van der Waals surface area contributed by atoms with Crippen LogP contribution in [0.1, 0.15) is 64.0 Å². The van der Waals surface area contributed by atoms with Crippen molar-refractivity contribution in [1.82, 2.24) is 4.57 Å². The zero-order chi connectivity index (χ0) is 26.5. The van der Waals surface area contributed by atoms with Gasteiger partial charge in [0.05, 0.1) is 16.8 Å². The van der Waals surface area contributed by atoms with Crippen molar-refractivity contribution in [3.63, 3.8) is 0 Å². The lowest BCUT2D eigenvalue weighted by Crippen LogP contribution is -2.56. The number of rotatable bonds is 3. The molecule has 1 spiro atoms. The highest BCUT2D eigenvalue weighted by Gasteiger charge is 2.63. The molecule has 4 saturated carbocycles. The van der Waals surface area contributed by atoms with E-state index in [1.807, 2.05) is 18.2 Å². The predicted molar refractivity (Wildman–Crippen MR) is 151 cm³/mol. The molecule has 0 atom stereocenters. The zero-order valence-corrected chi connectivity index (χ0v) is 22.3. The minimum Gasteiger partial charge on any atom is -0.494 e. The van der Waals surface area contributed by atoms with E-state index in [0.717, 1.165) is 28.5 Å². The first kappa shape index (κ1) is 23.1. The Bertz CT molecular complexity index is 1630. The van der Waals surface area contributed by atoms with E-state index in [0.29, 0.717) is 34.4 Å². The van der Waals surface area contributed by atoms with Gasteiger partial charge in [-0.3, -0.25) is 4.57 Å². The van der Waals surface area contributed by atoms with Crippen LogP contribution in [-0.4, -0.2) is 20.7 Å². The number of nitrogens with zero attached hydrogens (tertiary/aromatic N) is 1. The summed E-state index contributed by atoms with van der Waals surface area (Å²) in [4.78, 5) is 14.3. The van der Waals surface area contributed by atoms with Gasteiger partial charge in [0.1, 0.15) is 5.75 Å². The fraction of sp³-hybridized carbons (Fsp3) is 0.303. The van der Waals surface area contributed by atoms with E-state index in [1.165, 1.54) is 41.5 Å². The Morgan fingerprint density at radius 2 is 1.64 bits per heavy atom. The van der Waals surface area contributed by atoms with Crippen molar-refractivity contribution in [1.29, 1.82) is 0 Å². The number of thiophene rings is 1. The molecule has 0 unspecified atom stereocenters. The lowest BCUT2D eigenvalue weighted by Gasteiger charge is -2.62. The summed E-state index contributed by atoms with van der Waals surface area (Å²) in [6, 6.07) is 18.0. The fourth-order valence-corrected chi connectivity index (χ4v) is 10.0. The second-order valence-electron chi connectivity index (χ2n) is 11.8. The molecule has 4 fully saturated rings. The number of ether oxygens (including phenoxy) is 1. The van der Waals surface area contributed by atoms with Crippen LogP contribution in [-0.2, 0) is 5.41 Å². The molecule has 5 aliphatic rings. The van der Waals surface area contributed by atoms with E-state index in [9.17, 15) is 15.0 Å². The number of aromatic nitrogens is 1. The van der Waals surface area contributed by atoms with Crippen LogP contribution in [0.15, 0.2) is 72.6 Å². The first-order chi connectivity index (χ1) is 19.0. The quantitative estimate of drug-likeness (QED) is 0.214. The van der Waals surface area contributed by atoms with Gasteiger partial charge in [0.25, 0.3) is 0 Å². The number of fused-ring (bicyclic) bond motifs is 2. The summed E-state index contributed by atoms with van der Waals surface area (Å²) >= 11 is 1.77. The van der Waals surface area contributed by atoms with E-state index in [2.05, 4.69) is 18.0 Å². The monoisotopic (exact) mass is 535 g/mol. The van der Waals surface area contributed by atoms with Crippen molar-refractivity contribution in [2.45, 2.75) is 37.5 Å². The average molecular weight is 536 g/mol. The van der Waals surface area contributed by atoms with Gasteiger partial charge in [0.15, 0.2) is 0 Å². The van der Waals surface area contributed by atoms with Gasteiger partial charge in [-0.2, -0.15) is 0 Å². The zero-order valence-electron chi connectivity index (χ0n) is 21.5. The molecule has 0 aliphatic heterocycles. The molecule has 2 aromatic carbocycles. The maximum Gasteiger partial charge on any atom is 0.343 e. The Morgan fingerprint density at radius 1 is 0.923 bits per heavy atom. The SMILES string of the molecule is C=C1c2ccsc2C2(c3c1c(O)n(-c1cccc(C(=O)Oc4ccccc4)c1)c3O)C1CC3CC(C1)CC2C3. The van der Waals surface area contributed by atoms with E-state index >= 15 is 0 Å². The number of aromatic hydroxyl groups is 2. The first-order valence-corrected chi connectivity index (χ1v) is 14.7. The van der Waals surface area contributed by atoms with Crippen LogP contribution in [0.3, 0.4) is 0 Å². The van der Waals surface area contributed by atoms with Gasteiger partial charge in [0.2, 0.25) is 11.8 Å². The molecule has 2 aromatic heterocycles. The largest absolute Gasteiger partial charge is 0.494 e. The van der Waals surface area contributed by atoms with Crippen LogP contribution in [0.2, 0.25) is 0 Å². The summed E-state index contributed by atoms with van der Waals surface area (Å²) in [6.45, 7) is 4.41. The molecule has 2 heterocycles. The fourth-order valence-electron chi connectivity index (χ4n) is 8.72. The van der Waals surface area contributed by atoms with E-state index in [-0.39, 0.29) is 17.2 Å². The number of para-hydroxylation sites is 1. The standard InChI is InChI=1S/C33H29NO4S/c1-18-26-10-11-39-29(26)33(22-13-19-12-20(15-22)16-23(33)14-19)28-27(18)30(35)34(31(28)36)24-7-5-6-21(17-24)32(37)38-25-8-3-2-4-9-25/h2-11,17,19-20,22-23,35-36H,1,12-16H2. The highest BCUT2D eigenvalue weighted by atomic mass is 32.1. The van der Waals surface area contributed by atoms with Crippen LogP contribution in [0.25, 0.3) is 11.3 Å². The Labute approximate surface area is 231 Å². The lowest BCUT2D eigenvalue weighted by molar-refractivity contribution is -0.0417. The summed E-state index contributed by atoms with van der Waals surface area (Å²) in [5.74, 6) is 2.40. The van der Waals surface area contributed by atoms with Crippen molar-refractivity contribution in [3.8, 4) is 23.2 Å². The Kier molecular flexibility index (Phi) is 4.82. The van der Waals surface area contributed by atoms with Crippen molar-refractivity contribution in [2.24, 2.45) is 23.7 Å². The van der Waals surface area contributed by atoms with E-state index in [1.54, 1.807) is 47.7 Å². The molecule has 5 nitrogen and oxygen atoms in total. The van der Waals surface area contributed by atoms with Crippen molar-refractivity contribution in [3.05, 3.63) is 99.8 Å². The first-order valence-electron chi connectivity index (χ1n) is 13.8. The summed E-state index contributed by atoms with van der Waals surface area (Å²) in [5, 5.41) is 26.0. The molecule has 0 saturated heterocycles. The predicted octanol–water partition coefficient (Wildman–Crippen LogP) is 7.29. The second-order valence-corrected chi connectivity index (χ2v) is 12.7. The van der Waals surface area contributed by atoms with Crippen molar-refractivity contribution >= 4 is 22.9 Å². The van der Waals surface area contributed by atoms with Gasteiger partial charge in [-0.15, -0.1) is 11.3 Å². The number of carbonyl (C=O) groups is 1. The maximum absolute atomic E-state index is 13.0. The highest BCUT2D eigenvalue weighted by Crippen LogP contribution is 2.71. The van der Waals surface area contributed by atoms with E-state index in [4.69, 9.17) is 4.74 Å². The van der Waals surface area contributed by atoms with Crippen LogP contribution < -0.4 is 4.74 Å². The molecule has 5 aliphatic carbocycles. The van der Waals surface area contributed by atoms with Gasteiger partial charge in [-0.05, 0) is 109 Å².